The standard InChI is InChI=1S/C9H16INO2S/c10-2-1-9(12)13-6-3-11-4-7-14-8-5-11/h1-8H2/p+1. The molecule has 1 fully saturated rings. The summed E-state index contributed by atoms with van der Waals surface area (Å²) in [6.45, 7) is 4.01. The second kappa shape index (κ2) is 7.76. The quantitative estimate of drug-likeness (QED) is 0.437. The van der Waals surface area contributed by atoms with Gasteiger partial charge >= 0.3 is 5.97 Å². The van der Waals surface area contributed by atoms with E-state index in [0.717, 1.165) is 11.0 Å². The van der Waals surface area contributed by atoms with Crippen molar-refractivity contribution in [1.29, 1.82) is 0 Å². The molecule has 5 heteroatoms. The number of carbonyl (C=O) groups excluding carboxylic acids is 1. The summed E-state index contributed by atoms with van der Waals surface area (Å²) in [6.07, 6.45) is 0.547. The molecule has 0 amide bonds. The fraction of sp³-hybridized carbons (Fsp3) is 0.889. The highest BCUT2D eigenvalue weighted by Crippen LogP contribution is 1.97. The summed E-state index contributed by atoms with van der Waals surface area (Å²) in [7, 11) is 0. The van der Waals surface area contributed by atoms with Gasteiger partial charge in [-0.2, -0.15) is 11.8 Å². The second-order valence-corrected chi connectivity index (χ2v) is 5.58. The Morgan fingerprint density at radius 1 is 1.43 bits per heavy atom. The Labute approximate surface area is 103 Å². The number of hydrogen-bond donors (Lipinski definition) is 1. The van der Waals surface area contributed by atoms with Gasteiger partial charge in [-0.05, 0) is 0 Å². The fourth-order valence-corrected chi connectivity index (χ4v) is 2.88. The van der Waals surface area contributed by atoms with Crippen LogP contribution in [0.3, 0.4) is 0 Å². The number of nitrogens with one attached hydrogen (secondary N) is 1. The first kappa shape index (κ1) is 12.6. The SMILES string of the molecule is O=C(CCI)OCC[NH+]1CCSCC1. The summed E-state index contributed by atoms with van der Waals surface area (Å²) < 4.78 is 5.96. The summed E-state index contributed by atoms with van der Waals surface area (Å²) in [4.78, 5) is 12.6. The van der Waals surface area contributed by atoms with Crippen LogP contribution >= 0.6 is 34.4 Å². The van der Waals surface area contributed by atoms with Gasteiger partial charge in [-0.25, -0.2) is 0 Å². The minimum Gasteiger partial charge on any atom is -0.460 e. The summed E-state index contributed by atoms with van der Waals surface area (Å²) in [5.41, 5.74) is 0. The lowest BCUT2D eigenvalue weighted by Gasteiger charge is -2.22. The van der Waals surface area contributed by atoms with Crippen molar-refractivity contribution in [2.24, 2.45) is 0 Å². The van der Waals surface area contributed by atoms with E-state index in [9.17, 15) is 4.79 Å². The van der Waals surface area contributed by atoms with Crippen LogP contribution in [0.4, 0.5) is 0 Å². The van der Waals surface area contributed by atoms with Crippen LogP contribution in [0.1, 0.15) is 6.42 Å². The number of ether oxygens (including phenoxy) is 1. The van der Waals surface area contributed by atoms with Crippen LogP contribution in [0.5, 0.6) is 0 Å². The summed E-state index contributed by atoms with van der Waals surface area (Å²) in [6, 6.07) is 0. The topological polar surface area (TPSA) is 30.7 Å². The molecule has 0 aromatic heterocycles. The predicted molar refractivity (Wildman–Crippen MR) is 67.4 cm³/mol. The third kappa shape index (κ3) is 5.41. The Hall–Kier alpha value is 0.510. The van der Waals surface area contributed by atoms with Crippen molar-refractivity contribution in [2.75, 3.05) is 42.2 Å². The third-order valence-corrected chi connectivity index (χ3v) is 3.74. The average Bonchev–Trinajstić information content (AvgIpc) is 2.20. The predicted octanol–water partition coefficient (Wildman–Crippen LogP) is -0.0136. The Balaban J connectivity index is 1.99. The molecule has 3 nitrogen and oxygen atoms in total. The number of carbonyl (C=O) groups is 1. The van der Waals surface area contributed by atoms with E-state index in [-0.39, 0.29) is 5.97 Å². The van der Waals surface area contributed by atoms with Crippen molar-refractivity contribution >= 4 is 40.3 Å². The lowest BCUT2D eigenvalue weighted by atomic mass is 10.4. The van der Waals surface area contributed by atoms with Crippen LogP contribution < -0.4 is 4.90 Å². The number of rotatable bonds is 5. The number of halogens is 1. The van der Waals surface area contributed by atoms with E-state index in [0.29, 0.717) is 13.0 Å². The van der Waals surface area contributed by atoms with Gasteiger partial charge in [0.2, 0.25) is 0 Å². The molecule has 0 spiro atoms. The molecule has 1 aliphatic rings. The molecule has 0 radical (unpaired) electrons. The molecule has 0 atom stereocenters. The molecule has 0 aromatic carbocycles. The van der Waals surface area contributed by atoms with Crippen molar-refractivity contribution in [1.82, 2.24) is 0 Å². The highest BCUT2D eigenvalue weighted by molar-refractivity contribution is 14.1. The number of thioether (sulfide) groups is 1. The van der Waals surface area contributed by atoms with E-state index >= 15 is 0 Å². The maximum atomic E-state index is 11.0. The summed E-state index contributed by atoms with van der Waals surface area (Å²) >= 11 is 4.21. The molecule has 1 heterocycles. The zero-order valence-electron chi connectivity index (χ0n) is 8.26. The molecule has 82 valence electrons. The van der Waals surface area contributed by atoms with Crippen molar-refractivity contribution in [2.45, 2.75) is 6.42 Å². The monoisotopic (exact) mass is 330 g/mol. The average molecular weight is 330 g/mol. The summed E-state index contributed by atoms with van der Waals surface area (Å²) in [5.74, 6) is 2.44. The zero-order valence-corrected chi connectivity index (χ0v) is 11.2. The third-order valence-electron chi connectivity index (χ3n) is 2.22. The van der Waals surface area contributed by atoms with Crippen LogP contribution in [-0.4, -0.2) is 48.1 Å². The molecule has 0 aliphatic carbocycles. The molecule has 0 saturated carbocycles. The van der Waals surface area contributed by atoms with Crippen molar-refractivity contribution in [3.8, 4) is 0 Å². The maximum Gasteiger partial charge on any atom is 0.306 e. The first-order valence-corrected chi connectivity index (χ1v) is 7.64. The highest BCUT2D eigenvalue weighted by Gasteiger charge is 2.13. The van der Waals surface area contributed by atoms with Gasteiger partial charge in [-0.1, -0.05) is 22.6 Å². The van der Waals surface area contributed by atoms with Crippen molar-refractivity contribution in [3.05, 3.63) is 0 Å². The molecule has 0 aromatic rings. The molecular weight excluding hydrogens is 313 g/mol. The van der Waals surface area contributed by atoms with Crippen LogP contribution in [0.15, 0.2) is 0 Å². The number of alkyl halides is 1. The molecule has 1 saturated heterocycles. The van der Waals surface area contributed by atoms with Gasteiger partial charge in [0.25, 0.3) is 0 Å². The Bertz CT molecular complexity index is 174. The van der Waals surface area contributed by atoms with Crippen LogP contribution in [0, 0.1) is 0 Å². The van der Waals surface area contributed by atoms with Gasteiger partial charge in [-0.15, -0.1) is 0 Å². The van der Waals surface area contributed by atoms with E-state index in [1.165, 1.54) is 24.6 Å². The molecular formula is C9H17INO2S+. The van der Waals surface area contributed by atoms with Crippen molar-refractivity contribution in [3.63, 3.8) is 0 Å². The largest absolute Gasteiger partial charge is 0.460 e. The number of quaternary nitrogens is 1. The molecule has 14 heavy (non-hydrogen) atoms. The van der Waals surface area contributed by atoms with Gasteiger partial charge in [0.1, 0.15) is 13.2 Å². The van der Waals surface area contributed by atoms with Crippen LogP contribution in [0.25, 0.3) is 0 Å². The van der Waals surface area contributed by atoms with Crippen LogP contribution in [0.2, 0.25) is 0 Å². The maximum absolute atomic E-state index is 11.0. The van der Waals surface area contributed by atoms with Gasteiger partial charge in [-0.3, -0.25) is 4.79 Å². The van der Waals surface area contributed by atoms with Gasteiger partial charge in [0.15, 0.2) is 0 Å². The van der Waals surface area contributed by atoms with E-state index < -0.39 is 0 Å². The number of esters is 1. The van der Waals surface area contributed by atoms with E-state index in [4.69, 9.17) is 4.74 Å². The van der Waals surface area contributed by atoms with E-state index in [1.807, 2.05) is 11.8 Å². The van der Waals surface area contributed by atoms with Gasteiger partial charge in [0, 0.05) is 15.9 Å². The smallest absolute Gasteiger partial charge is 0.306 e. The summed E-state index contributed by atoms with van der Waals surface area (Å²) in [5, 5.41) is 0. The lowest BCUT2D eigenvalue weighted by Crippen LogP contribution is -3.14. The van der Waals surface area contributed by atoms with Crippen LogP contribution in [-0.2, 0) is 9.53 Å². The first-order chi connectivity index (χ1) is 6.83. The Morgan fingerprint density at radius 3 is 2.79 bits per heavy atom. The van der Waals surface area contributed by atoms with Gasteiger partial charge < -0.3 is 9.64 Å². The Kier molecular flexibility index (Phi) is 6.97. The fourth-order valence-electron chi connectivity index (χ4n) is 1.37. The van der Waals surface area contributed by atoms with Crippen molar-refractivity contribution < 1.29 is 14.4 Å². The zero-order chi connectivity index (χ0) is 10.2. The minimum atomic E-state index is -0.0508. The lowest BCUT2D eigenvalue weighted by molar-refractivity contribution is -0.896. The normalized spacial score (nSPS) is 18.1. The number of hydrogen-bond acceptors (Lipinski definition) is 3. The minimum absolute atomic E-state index is 0.0508. The first-order valence-electron chi connectivity index (χ1n) is 4.96. The molecule has 1 N–H and O–H groups in total. The molecule has 1 rings (SSSR count). The Morgan fingerprint density at radius 2 is 2.14 bits per heavy atom. The van der Waals surface area contributed by atoms with E-state index in [1.54, 1.807) is 4.90 Å². The molecule has 1 aliphatic heterocycles. The molecule has 0 unspecified atom stereocenters. The highest BCUT2D eigenvalue weighted by atomic mass is 127. The van der Waals surface area contributed by atoms with Gasteiger partial charge in [0.05, 0.1) is 19.5 Å². The molecule has 0 bridgehead atoms. The second-order valence-electron chi connectivity index (χ2n) is 3.27. The van der Waals surface area contributed by atoms with E-state index in [2.05, 4.69) is 22.6 Å².